The minimum atomic E-state index is -5.43. The van der Waals surface area contributed by atoms with E-state index in [1.54, 1.807) is 0 Å². The maximum absolute atomic E-state index is 13.2. The molecule has 0 aliphatic carbocycles. The number of amides is 3. The van der Waals surface area contributed by atoms with Gasteiger partial charge in [0.15, 0.2) is 0 Å². The molecule has 0 saturated carbocycles. The van der Waals surface area contributed by atoms with Gasteiger partial charge in [-0.3, -0.25) is 32.6 Å². The number of fused-ring (bicyclic) bond motifs is 2. The number of carbonyl (C=O) groups excluding carboxylic acids is 3. The van der Waals surface area contributed by atoms with Crippen LogP contribution < -0.4 is 36.4 Å². The number of rotatable bonds is 10. The summed E-state index contributed by atoms with van der Waals surface area (Å²) in [7, 11) is -20.9. The third-order valence-electron chi connectivity index (χ3n) is 8.81. The van der Waals surface area contributed by atoms with Gasteiger partial charge < -0.3 is 26.0 Å². The summed E-state index contributed by atoms with van der Waals surface area (Å²) in [6.45, 7) is 10.8. The van der Waals surface area contributed by atoms with Crippen LogP contribution in [0.1, 0.15) is 48.6 Å². The van der Waals surface area contributed by atoms with Gasteiger partial charge in [-0.25, -0.2) is 0 Å². The van der Waals surface area contributed by atoms with Crippen molar-refractivity contribution in [1.82, 2.24) is 0 Å². The zero-order valence-electron chi connectivity index (χ0n) is 31.5. The van der Waals surface area contributed by atoms with Crippen LogP contribution in [0, 0.1) is 20.8 Å². The van der Waals surface area contributed by atoms with E-state index in [4.69, 9.17) is 4.74 Å². The number of hydrogen-bond donors (Lipinski definition) is 8. The van der Waals surface area contributed by atoms with Crippen LogP contribution in [0.3, 0.4) is 0 Å². The van der Waals surface area contributed by atoms with E-state index in [0.717, 1.165) is 57.2 Å². The molecule has 24 heteroatoms. The molecular weight excluding hydrogens is 861 g/mol. The highest BCUT2D eigenvalue weighted by Gasteiger charge is 2.33. The molecule has 1 heterocycles. The Labute approximate surface area is 337 Å². The van der Waals surface area contributed by atoms with Gasteiger partial charge >= 0.3 is 0 Å². The molecule has 1 aliphatic rings. The maximum atomic E-state index is 13.2. The van der Waals surface area contributed by atoms with E-state index in [1.165, 1.54) is 20.8 Å². The molecular formula is C35H34N4O16S4. The molecule has 0 radical (unpaired) electrons. The predicted molar refractivity (Wildman–Crippen MR) is 212 cm³/mol. The highest BCUT2D eigenvalue weighted by atomic mass is 32.2. The van der Waals surface area contributed by atoms with Crippen LogP contribution in [0.5, 0.6) is 11.5 Å². The molecule has 20 nitrogen and oxygen atoms in total. The quantitative estimate of drug-likeness (QED) is 0.0934. The van der Waals surface area contributed by atoms with Crippen LogP contribution in [0.4, 0.5) is 28.4 Å². The van der Waals surface area contributed by atoms with Crippen molar-refractivity contribution in [3.8, 4) is 11.5 Å². The Kier molecular flexibility index (Phi) is 11.4. The number of anilines is 5. The van der Waals surface area contributed by atoms with Crippen molar-refractivity contribution in [2.45, 2.75) is 61.1 Å². The second-order valence-electron chi connectivity index (χ2n) is 13.2. The molecule has 0 aromatic heterocycles. The molecule has 8 N–H and O–H groups in total. The minimum absolute atomic E-state index is 0.0779. The molecule has 0 fully saturated rings. The zero-order valence-corrected chi connectivity index (χ0v) is 34.8. The van der Waals surface area contributed by atoms with Crippen LogP contribution in [-0.4, -0.2) is 69.6 Å². The summed E-state index contributed by atoms with van der Waals surface area (Å²) in [6.07, 6.45) is 0. The molecule has 4 aromatic carbocycles. The Balaban J connectivity index is 2.02. The first-order chi connectivity index (χ1) is 26.9. The van der Waals surface area contributed by atoms with Crippen molar-refractivity contribution in [2.75, 3.05) is 21.3 Å². The van der Waals surface area contributed by atoms with Crippen LogP contribution in [0.25, 0.3) is 12.2 Å². The Hall–Kier alpha value is -5.73. The van der Waals surface area contributed by atoms with Gasteiger partial charge in [0, 0.05) is 60.1 Å². The Morgan fingerprint density at radius 3 is 1.61 bits per heavy atom. The van der Waals surface area contributed by atoms with Gasteiger partial charge in [-0.1, -0.05) is 6.58 Å². The second-order valence-corrected chi connectivity index (χ2v) is 18.7. The summed E-state index contributed by atoms with van der Waals surface area (Å²) in [5.41, 5.74) is -3.30. The summed E-state index contributed by atoms with van der Waals surface area (Å²) in [5.74, 6) is -2.91. The third kappa shape index (κ3) is 8.84. The fourth-order valence-electron chi connectivity index (χ4n) is 6.75. The van der Waals surface area contributed by atoms with E-state index in [1.807, 2.05) is 0 Å². The number of hydrogen-bond acceptors (Lipinski definition) is 13. The summed E-state index contributed by atoms with van der Waals surface area (Å²) in [4.78, 5) is 33.1. The van der Waals surface area contributed by atoms with Crippen molar-refractivity contribution < 1.29 is 71.0 Å². The fourth-order valence-corrected chi connectivity index (χ4v) is 9.86. The highest BCUT2D eigenvalue weighted by molar-refractivity contribution is 7.86. The van der Waals surface area contributed by atoms with Gasteiger partial charge in [0.2, 0.25) is 17.7 Å². The fraction of sp³-hybridized carbons (Fsp3) is 0.171. The second kappa shape index (κ2) is 15.1. The third-order valence-corrected chi connectivity index (χ3v) is 12.7. The van der Waals surface area contributed by atoms with Crippen LogP contribution in [0.2, 0.25) is 0 Å². The highest BCUT2D eigenvalue weighted by Crippen LogP contribution is 2.46. The normalized spacial score (nSPS) is 12.8. The van der Waals surface area contributed by atoms with Crippen LogP contribution >= 0.6 is 0 Å². The molecule has 4 aromatic rings. The molecule has 0 unspecified atom stereocenters. The van der Waals surface area contributed by atoms with Gasteiger partial charge in [-0.2, -0.15) is 33.7 Å². The van der Waals surface area contributed by atoms with Crippen molar-refractivity contribution in [1.29, 1.82) is 0 Å². The van der Waals surface area contributed by atoms with Crippen molar-refractivity contribution in [2.24, 2.45) is 0 Å². The molecule has 59 heavy (non-hydrogen) atoms. The molecule has 0 saturated heterocycles. The van der Waals surface area contributed by atoms with E-state index in [-0.39, 0.29) is 55.7 Å². The first kappa shape index (κ1) is 44.4. The lowest BCUT2D eigenvalue weighted by Gasteiger charge is -2.26. The number of nitrogens with one attached hydrogen (secondary N) is 4. The number of benzene rings is 4. The van der Waals surface area contributed by atoms with Gasteiger partial charge in [0.1, 0.15) is 31.1 Å². The van der Waals surface area contributed by atoms with Crippen LogP contribution in [0.15, 0.2) is 56.0 Å². The smallest absolute Gasteiger partial charge is 0.297 e. The topological polar surface area (TPSA) is 326 Å². The zero-order chi connectivity index (χ0) is 44.5. The monoisotopic (exact) mass is 894 g/mol. The molecule has 0 bridgehead atoms. The number of carbonyl (C=O) groups is 3. The minimum Gasteiger partial charge on any atom is -0.456 e. The summed E-state index contributed by atoms with van der Waals surface area (Å²) >= 11 is 0. The van der Waals surface area contributed by atoms with E-state index in [0.29, 0.717) is 0 Å². The summed E-state index contributed by atoms with van der Waals surface area (Å²) in [5, 5.41) is 9.08. The number of ether oxygens (including phenoxy) is 1. The van der Waals surface area contributed by atoms with Gasteiger partial charge in [0.05, 0.1) is 17.1 Å². The first-order valence-electron chi connectivity index (χ1n) is 16.5. The average molecular weight is 895 g/mol. The van der Waals surface area contributed by atoms with Crippen molar-refractivity contribution in [3.05, 3.63) is 74.7 Å². The Morgan fingerprint density at radius 1 is 0.559 bits per heavy atom. The van der Waals surface area contributed by atoms with E-state index < -0.39 is 106 Å². The van der Waals surface area contributed by atoms with E-state index in [2.05, 4.69) is 27.8 Å². The molecule has 0 atom stereocenters. The van der Waals surface area contributed by atoms with Crippen LogP contribution in [-0.2, 0) is 54.9 Å². The molecule has 3 amide bonds. The largest absolute Gasteiger partial charge is 0.456 e. The van der Waals surface area contributed by atoms with Gasteiger partial charge in [0.25, 0.3) is 40.5 Å². The first-order valence-corrected chi connectivity index (χ1v) is 22.2. The summed E-state index contributed by atoms with van der Waals surface area (Å²) < 4.78 is 151. The van der Waals surface area contributed by atoms with E-state index in [9.17, 15) is 66.3 Å². The lowest BCUT2D eigenvalue weighted by Crippen LogP contribution is -2.25. The molecule has 5 rings (SSSR count). The SMILES string of the molecule is C=c1cc2c(cc1S(=O)(=O)O)=C(c1cc(NC(C)=O)cc(NC(C)=O)c1S(=O)(=O)O)c1cc(S(=O)(=O)O)c(Nc3c(C)c(NC(C)=O)c(C)c(S(=O)(=O)O)c3C)cc1O2. The van der Waals surface area contributed by atoms with E-state index >= 15 is 0 Å². The van der Waals surface area contributed by atoms with Crippen molar-refractivity contribution >= 4 is 98.8 Å². The molecule has 314 valence electrons. The lowest BCUT2D eigenvalue weighted by molar-refractivity contribution is -0.115. The van der Waals surface area contributed by atoms with Gasteiger partial charge in [-0.15, -0.1) is 0 Å². The predicted octanol–water partition coefficient (Wildman–Crippen LogP) is 2.98. The lowest BCUT2D eigenvalue weighted by atomic mass is 9.91. The molecule has 1 aliphatic heterocycles. The molecule has 0 spiro atoms. The van der Waals surface area contributed by atoms with Crippen molar-refractivity contribution in [3.63, 3.8) is 0 Å². The standard InChI is InChI=1S/C35H34N4O16S4/c1-14-8-27-22(11-29(14)56(43,44)45)31(24-9-21(36-18(5)40)10-26(37-19(6)41)35(24)59(52,53)54)23-12-30(57(46,47)48)25(13-28(23)55-27)39-33-15(2)32(38-20(7)42)16(3)34(17(33)4)58(49,50)51/h8-13,39H,1H2,2-7H3,(H,36,40)(H,37,41)(H,38,42)(H,43,44,45)(H,46,47,48)(H,49,50,51)(H,52,53,54). The maximum Gasteiger partial charge on any atom is 0.297 e. The van der Waals surface area contributed by atoms with Gasteiger partial charge in [-0.05, 0) is 73.0 Å². The Bertz CT molecular complexity index is 3160. The summed E-state index contributed by atoms with van der Waals surface area (Å²) in [6, 6.07) is 5.46. The average Bonchev–Trinajstić information content (AvgIpc) is 3.03. The Morgan fingerprint density at radius 2 is 1.10 bits per heavy atom.